The van der Waals surface area contributed by atoms with Crippen LogP contribution in [0.2, 0.25) is 0 Å². The molecule has 1 fully saturated rings. The van der Waals surface area contributed by atoms with Crippen molar-refractivity contribution in [2.24, 2.45) is 5.41 Å². The second-order valence-corrected chi connectivity index (χ2v) is 5.72. The van der Waals surface area contributed by atoms with Gasteiger partial charge in [-0.2, -0.15) is 0 Å². The van der Waals surface area contributed by atoms with Gasteiger partial charge in [0.15, 0.2) is 0 Å². The molecule has 0 aromatic carbocycles. The Bertz CT molecular complexity index is 299. The van der Waals surface area contributed by atoms with E-state index in [9.17, 15) is 9.59 Å². The van der Waals surface area contributed by atoms with Gasteiger partial charge in [0.25, 0.3) is 0 Å². The molecule has 0 aromatic heterocycles. The number of carboxylic acid groups (broad SMARTS) is 1. The van der Waals surface area contributed by atoms with E-state index in [2.05, 4.69) is 4.90 Å². The molecule has 1 atom stereocenters. The highest BCUT2D eigenvalue weighted by atomic mass is 16.4. The first-order valence-corrected chi connectivity index (χ1v) is 6.30. The van der Waals surface area contributed by atoms with Crippen LogP contribution in [0, 0.1) is 5.41 Å². The van der Waals surface area contributed by atoms with Gasteiger partial charge >= 0.3 is 5.97 Å². The summed E-state index contributed by atoms with van der Waals surface area (Å²) in [7, 11) is 0. The summed E-state index contributed by atoms with van der Waals surface area (Å²) < 4.78 is 0. The molecular formula is C13H23NO3. The van der Waals surface area contributed by atoms with Gasteiger partial charge < -0.3 is 5.11 Å². The highest BCUT2D eigenvalue weighted by Crippen LogP contribution is 2.25. The van der Waals surface area contributed by atoms with E-state index in [-0.39, 0.29) is 11.8 Å². The number of carbonyl (C=O) groups excluding carboxylic acids is 1. The van der Waals surface area contributed by atoms with Crippen molar-refractivity contribution in [1.29, 1.82) is 0 Å². The summed E-state index contributed by atoms with van der Waals surface area (Å²) in [4.78, 5) is 24.5. The fraction of sp³-hybridized carbons (Fsp3) is 0.846. The summed E-state index contributed by atoms with van der Waals surface area (Å²) in [5, 5.41) is 9.15. The van der Waals surface area contributed by atoms with Crippen LogP contribution in [-0.4, -0.2) is 40.9 Å². The summed E-state index contributed by atoms with van der Waals surface area (Å²) in [5.74, 6) is -0.584. The minimum Gasteiger partial charge on any atom is -0.481 e. The highest BCUT2D eigenvalue weighted by molar-refractivity contribution is 5.76. The van der Waals surface area contributed by atoms with Crippen LogP contribution in [0.25, 0.3) is 0 Å². The standard InChI is InChI=1S/C13H23NO3/c1-10(15)8-11-6-4-5-7-14(11)9-13(2,3)12(16)17/h11H,4-9H2,1-3H3,(H,16,17). The minimum atomic E-state index is -0.773. The quantitative estimate of drug-likeness (QED) is 0.799. The van der Waals surface area contributed by atoms with E-state index in [1.807, 2.05) is 0 Å². The number of Topliss-reactive ketones (excluding diaryl/α,β-unsaturated/α-hetero) is 1. The molecule has 0 saturated carbocycles. The lowest BCUT2D eigenvalue weighted by Gasteiger charge is -2.38. The van der Waals surface area contributed by atoms with Crippen LogP contribution >= 0.6 is 0 Å². The van der Waals surface area contributed by atoms with Gasteiger partial charge in [0.05, 0.1) is 5.41 Å². The monoisotopic (exact) mass is 241 g/mol. The van der Waals surface area contributed by atoms with Crippen molar-refractivity contribution >= 4 is 11.8 Å². The molecule has 1 N–H and O–H groups in total. The molecule has 1 unspecified atom stereocenters. The molecule has 0 radical (unpaired) electrons. The average molecular weight is 241 g/mol. The Kier molecular flexibility index (Phi) is 4.69. The van der Waals surface area contributed by atoms with Gasteiger partial charge in [-0.05, 0) is 40.2 Å². The summed E-state index contributed by atoms with van der Waals surface area (Å²) in [6.45, 7) is 6.54. The molecule has 4 nitrogen and oxygen atoms in total. The van der Waals surface area contributed by atoms with Crippen molar-refractivity contribution in [2.75, 3.05) is 13.1 Å². The summed E-state index contributed by atoms with van der Waals surface area (Å²) >= 11 is 0. The largest absolute Gasteiger partial charge is 0.481 e. The highest BCUT2D eigenvalue weighted by Gasteiger charge is 2.33. The van der Waals surface area contributed by atoms with E-state index in [1.165, 1.54) is 0 Å². The second kappa shape index (κ2) is 5.63. The average Bonchev–Trinajstić information content (AvgIpc) is 2.19. The zero-order chi connectivity index (χ0) is 13.1. The van der Waals surface area contributed by atoms with Crippen LogP contribution in [-0.2, 0) is 9.59 Å². The van der Waals surface area contributed by atoms with Gasteiger partial charge in [0.1, 0.15) is 5.78 Å². The maximum atomic E-state index is 11.2. The molecule has 0 amide bonds. The Hall–Kier alpha value is -0.900. The molecule has 0 aromatic rings. The van der Waals surface area contributed by atoms with Gasteiger partial charge in [0.2, 0.25) is 0 Å². The van der Waals surface area contributed by atoms with Crippen LogP contribution in [0.4, 0.5) is 0 Å². The van der Waals surface area contributed by atoms with Crippen LogP contribution in [0.5, 0.6) is 0 Å². The molecule has 1 rings (SSSR count). The van der Waals surface area contributed by atoms with E-state index in [0.717, 1.165) is 25.8 Å². The molecule has 4 heteroatoms. The van der Waals surface area contributed by atoms with Crippen LogP contribution in [0.3, 0.4) is 0 Å². The number of hydrogen-bond donors (Lipinski definition) is 1. The molecule has 0 aliphatic carbocycles. The number of aliphatic carboxylic acids is 1. The number of carbonyl (C=O) groups is 2. The van der Waals surface area contributed by atoms with Crippen molar-refractivity contribution in [3.05, 3.63) is 0 Å². The first-order valence-electron chi connectivity index (χ1n) is 6.30. The van der Waals surface area contributed by atoms with Crippen molar-refractivity contribution in [1.82, 2.24) is 4.90 Å². The Morgan fingerprint density at radius 1 is 1.35 bits per heavy atom. The van der Waals surface area contributed by atoms with Crippen LogP contribution in [0.15, 0.2) is 0 Å². The zero-order valence-corrected chi connectivity index (χ0v) is 11.0. The normalized spacial score (nSPS) is 22.4. The SMILES string of the molecule is CC(=O)CC1CCCCN1CC(C)(C)C(=O)O. The Balaban J connectivity index is 2.65. The molecule has 1 heterocycles. The maximum absolute atomic E-state index is 11.2. The number of likely N-dealkylation sites (tertiary alicyclic amines) is 1. The third kappa shape index (κ3) is 4.11. The number of rotatable bonds is 5. The Labute approximate surface area is 103 Å². The summed E-state index contributed by atoms with van der Waals surface area (Å²) in [6, 6.07) is 0.236. The molecule has 17 heavy (non-hydrogen) atoms. The van der Waals surface area contributed by atoms with Gasteiger partial charge in [-0.15, -0.1) is 0 Å². The topological polar surface area (TPSA) is 57.6 Å². The molecular weight excluding hydrogens is 218 g/mol. The minimum absolute atomic E-state index is 0.190. The Morgan fingerprint density at radius 3 is 2.53 bits per heavy atom. The predicted octanol–water partition coefficient (Wildman–Crippen LogP) is 1.93. The van der Waals surface area contributed by atoms with Crippen molar-refractivity contribution in [2.45, 2.75) is 52.5 Å². The zero-order valence-electron chi connectivity index (χ0n) is 11.0. The number of nitrogens with zero attached hydrogens (tertiary/aromatic N) is 1. The maximum Gasteiger partial charge on any atom is 0.310 e. The van der Waals surface area contributed by atoms with Crippen LogP contribution < -0.4 is 0 Å². The molecule has 1 aliphatic rings. The number of piperidine rings is 1. The summed E-state index contributed by atoms with van der Waals surface area (Å²) in [5.41, 5.74) is -0.744. The smallest absolute Gasteiger partial charge is 0.310 e. The van der Waals surface area contributed by atoms with E-state index in [4.69, 9.17) is 5.11 Å². The molecule has 0 bridgehead atoms. The number of ketones is 1. The molecule has 98 valence electrons. The lowest BCUT2D eigenvalue weighted by atomic mass is 9.89. The summed E-state index contributed by atoms with van der Waals surface area (Å²) in [6.07, 6.45) is 3.80. The van der Waals surface area contributed by atoms with Gasteiger partial charge in [0, 0.05) is 19.0 Å². The van der Waals surface area contributed by atoms with Gasteiger partial charge in [-0.25, -0.2) is 0 Å². The van der Waals surface area contributed by atoms with Crippen molar-refractivity contribution in [3.63, 3.8) is 0 Å². The lowest BCUT2D eigenvalue weighted by molar-refractivity contribution is -0.148. The number of hydrogen-bond acceptors (Lipinski definition) is 3. The van der Waals surface area contributed by atoms with Crippen LogP contribution in [0.1, 0.15) is 46.5 Å². The lowest BCUT2D eigenvalue weighted by Crippen LogP contribution is -2.47. The predicted molar refractivity (Wildman–Crippen MR) is 65.9 cm³/mol. The first kappa shape index (κ1) is 14.2. The third-order valence-corrected chi connectivity index (χ3v) is 3.45. The fourth-order valence-electron chi connectivity index (χ4n) is 2.41. The fourth-order valence-corrected chi connectivity index (χ4v) is 2.41. The van der Waals surface area contributed by atoms with Crippen molar-refractivity contribution in [3.8, 4) is 0 Å². The van der Waals surface area contributed by atoms with E-state index in [1.54, 1.807) is 20.8 Å². The molecule has 0 spiro atoms. The number of carboxylic acids is 1. The second-order valence-electron chi connectivity index (χ2n) is 5.72. The molecule has 1 saturated heterocycles. The first-order chi connectivity index (χ1) is 7.83. The van der Waals surface area contributed by atoms with Gasteiger partial charge in [-0.1, -0.05) is 6.42 Å². The van der Waals surface area contributed by atoms with Gasteiger partial charge in [-0.3, -0.25) is 14.5 Å². The van der Waals surface area contributed by atoms with Crippen molar-refractivity contribution < 1.29 is 14.7 Å². The third-order valence-electron chi connectivity index (χ3n) is 3.45. The van der Waals surface area contributed by atoms with E-state index in [0.29, 0.717) is 13.0 Å². The van der Waals surface area contributed by atoms with E-state index >= 15 is 0 Å². The Morgan fingerprint density at radius 2 is 2.00 bits per heavy atom. The van der Waals surface area contributed by atoms with E-state index < -0.39 is 11.4 Å². The molecule has 1 aliphatic heterocycles.